The molecule has 0 fully saturated rings. The summed E-state index contributed by atoms with van der Waals surface area (Å²) in [5.41, 5.74) is 0.390. The van der Waals surface area contributed by atoms with Gasteiger partial charge in [-0.05, 0) is 29.4 Å². The average Bonchev–Trinajstić information content (AvgIpc) is 2.47. The minimum absolute atomic E-state index is 0.390. The standard InChI is InChI=1S/C10H17NS2/c1-5-8-6-9(11-13-8)12-7-10(2,3)4/h6H,5,7H2,1-4H3. The Bertz CT molecular complexity index is 260. The summed E-state index contributed by atoms with van der Waals surface area (Å²) >= 11 is 3.49. The van der Waals surface area contributed by atoms with Gasteiger partial charge in [0.15, 0.2) is 0 Å². The van der Waals surface area contributed by atoms with Crippen LogP contribution < -0.4 is 0 Å². The van der Waals surface area contributed by atoms with E-state index in [0.29, 0.717) is 5.41 Å². The van der Waals surface area contributed by atoms with Gasteiger partial charge in [-0.25, -0.2) is 0 Å². The molecule has 0 aliphatic rings. The lowest BCUT2D eigenvalue weighted by Gasteiger charge is -2.15. The van der Waals surface area contributed by atoms with Gasteiger partial charge in [0.05, 0.1) is 0 Å². The molecule has 0 saturated carbocycles. The van der Waals surface area contributed by atoms with E-state index in [1.54, 1.807) is 11.5 Å². The molecule has 0 spiro atoms. The van der Waals surface area contributed by atoms with E-state index < -0.39 is 0 Å². The molecule has 1 rings (SSSR count). The highest BCUT2D eigenvalue weighted by Gasteiger charge is 2.11. The molecule has 0 amide bonds. The van der Waals surface area contributed by atoms with E-state index in [4.69, 9.17) is 0 Å². The first-order valence-corrected chi connectivity index (χ1v) is 6.35. The third kappa shape index (κ3) is 4.14. The average molecular weight is 215 g/mol. The monoisotopic (exact) mass is 215 g/mol. The fraction of sp³-hybridized carbons (Fsp3) is 0.700. The molecule has 74 valence electrons. The third-order valence-electron chi connectivity index (χ3n) is 1.54. The molecule has 0 unspecified atom stereocenters. The summed E-state index contributed by atoms with van der Waals surface area (Å²) < 4.78 is 4.39. The van der Waals surface area contributed by atoms with Gasteiger partial charge >= 0.3 is 0 Å². The summed E-state index contributed by atoms with van der Waals surface area (Å²) in [6.07, 6.45) is 1.10. The van der Waals surface area contributed by atoms with Gasteiger partial charge in [0, 0.05) is 10.6 Å². The molecule has 13 heavy (non-hydrogen) atoms. The third-order valence-corrected chi connectivity index (χ3v) is 4.10. The summed E-state index contributed by atoms with van der Waals surface area (Å²) in [4.78, 5) is 1.39. The van der Waals surface area contributed by atoms with Gasteiger partial charge in [-0.15, -0.1) is 11.8 Å². The first kappa shape index (κ1) is 11.1. The van der Waals surface area contributed by atoms with E-state index in [2.05, 4.69) is 38.1 Å². The molecule has 0 aliphatic heterocycles. The van der Waals surface area contributed by atoms with Crippen molar-refractivity contribution in [2.45, 2.75) is 39.1 Å². The Morgan fingerprint density at radius 2 is 2.15 bits per heavy atom. The van der Waals surface area contributed by atoms with E-state index in [-0.39, 0.29) is 0 Å². The van der Waals surface area contributed by atoms with Gasteiger partial charge in [0.25, 0.3) is 0 Å². The zero-order chi connectivity index (χ0) is 9.90. The number of hydrogen-bond donors (Lipinski definition) is 0. The van der Waals surface area contributed by atoms with Gasteiger partial charge in [0.1, 0.15) is 5.03 Å². The molecular formula is C10H17NS2. The van der Waals surface area contributed by atoms with Crippen LogP contribution in [0.25, 0.3) is 0 Å². The Morgan fingerprint density at radius 3 is 2.62 bits per heavy atom. The van der Waals surface area contributed by atoms with Crippen molar-refractivity contribution in [3.8, 4) is 0 Å². The van der Waals surface area contributed by atoms with Crippen molar-refractivity contribution >= 4 is 23.3 Å². The summed E-state index contributed by atoms with van der Waals surface area (Å²) in [6.45, 7) is 8.94. The van der Waals surface area contributed by atoms with Crippen LogP contribution >= 0.6 is 23.3 Å². The van der Waals surface area contributed by atoms with Gasteiger partial charge < -0.3 is 0 Å². The van der Waals surface area contributed by atoms with Crippen LogP contribution in [0.3, 0.4) is 0 Å². The molecule has 0 atom stereocenters. The molecule has 0 radical (unpaired) electrons. The molecule has 1 nitrogen and oxygen atoms in total. The van der Waals surface area contributed by atoms with Crippen LogP contribution in [-0.2, 0) is 6.42 Å². The predicted octanol–water partition coefficient (Wildman–Crippen LogP) is 3.84. The molecule has 0 saturated heterocycles. The number of aromatic nitrogens is 1. The van der Waals surface area contributed by atoms with Crippen molar-refractivity contribution in [2.24, 2.45) is 5.41 Å². The first-order valence-electron chi connectivity index (χ1n) is 4.59. The highest BCUT2D eigenvalue weighted by atomic mass is 32.2. The summed E-state index contributed by atoms with van der Waals surface area (Å²) in [5, 5.41) is 1.19. The maximum Gasteiger partial charge on any atom is 0.110 e. The Hall–Kier alpha value is -0.0200. The zero-order valence-corrected chi connectivity index (χ0v) is 10.4. The lowest BCUT2D eigenvalue weighted by atomic mass is 10.0. The van der Waals surface area contributed by atoms with E-state index in [1.165, 1.54) is 9.90 Å². The molecule has 1 aromatic rings. The second kappa shape index (κ2) is 4.47. The largest absolute Gasteiger partial charge is 0.186 e. The van der Waals surface area contributed by atoms with E-state index >= 15 is 0 Å². The van der Waals surface area contributed by atoms with Crippen LogP contribution in [0.5, 0.6) is 0 Å². The normalized spacial score (nSPS) is 12.0. The molecular weight excluding hydrogens is 198 g/mol. The molecule has 3 heteroatoms. The van der Waals surface area contributed by atoms with Crippen molar-refractivity contribution < 1.29 is 0 Å². The Kier molecular flexibility index (Phi) is 3.80. The Labute approximate surface area is 89.1 Å². The number of thioether (sulfide) groups is 1. The smallest absolute Gasteiger partial charge is 0.110 e. The minimum atomic E-state index is 0.390. The fourth-order valence-electron chi connectivity index (χ4n) is 0.819. The molecule has 0 aromatic carbocycles. The van der Waals surface area contributed by atoms with Crippen molar-refractivity contribution in [3.63, 3.8) is 0 Å². The van der Waals surface area contributed by atoms with Crippen molar-refractivity contribution in [2.75, 3.05) is 5.75 Å². The fourth-order valence-corrected chi connectivity index (χ4v) is 2.58. The minimum Gasteiger partial charge on any atom is -0.186 e. The van der Waals surface area contributed by atoms with E-state index in [9.17, 15) is 0 Å². The second-order valence-corrected chi connectivity index (χ2v) is 6.22. The highest BCUT2D eigenvalue weighted by molar-refractivity contribution is 7.99. The van der Waals surface area contributed by atoms with Gasteiger partial charge in [-0.3, -0.25) is 0 Å². The molecule has 1 aromatic heterocycles. The summed E-state index contributed by atoms with van der Waals surface area (Å²) in [5.74, 6) is 1.14. The van der Waals surface area contributed by atoms with E-state index in [1.807, 2.05) is 11.8 Å². The van der Waals surface area contributed by atoms with Gasteiger partial charge in [-0.1, -0.05) is 27.7 Å². The number of hydrogen-bond acceptors (Lipinski definition) is 3. The SMILES string of the molecule is CCc1cc(SCC(C)(C)C)ns1. The number of aryl methyl sites for hydroxylation is 1. The molecule has 0 N–H and O–H groups in total. The predicted molar refractivity (Wildman–Crippen MR) is 61.7 cm³/mol. The number of rotatable bonds is 3. The quantitative estimate of drug-likeness (QED) is 0.710. The molecule has 1 heterocycles. The van der Waals surface area contributed by atoms with Gasteiger partial charge in [0.2, 0.25) is 0 Å². The van der Waals surface area contributed by atoms with Crippen LogP contribution in [0.15, 0.2) is 11.1 Å². The lowest BCUT2D eigenvalue weighted by molar-refractivity contribution is 0.480. The van der Waals surface area contributed by atoms with Crippen LogP contribution in [0.2, 0.25) is 0 Å². The van der Waals surface area contributed by atoms with Crippen LogP contribution in [0, 0.1) is 5.41 Å². The second-order valence-electron chi connectivity index (χ2n) is 4.33. The Balaban J connectivity index is 2.46. The Morgan fingerprint density at radius 1 is 1.46 bits per heavy atom. The van der Waals surface area contributed by atoms with Crippen molar-refractivity contribution in [3.05, 3.63) is 10.9 Å². The van der Waals surface area contributed by atoms with Crippen LogP contribution in [-0.4, -0.2) is 10.1 Å². The van der Waals surface area contributed by atoms with Crippen molar-refractivity contribution in [1.82, 2.24) is 4.37 Å². The maximum atomic E-state index is 4.39. The zero-order valence-electron chi connectivity index (χ0n) is 8.76. The van der Waals surface area contributed by atoms with E-state index in [0.717, 1.165) is 12.2 Å². The van der Waals surface area contributed by atoms with Crippen LogP contribution in [0.1, 0.15) is 32.6 Å². The molecule has 0 bridgehead atoms. The summed E-state index contributed by atoms with van der Waals surface area (Å²) in [7, 11) is 0. The lowest BCUT2D eigenvalue weighted by Crippen LogP contribution is -2.07. The van der Waals surface area contributed by atoms with Crippen molar-refractivity contribution in [1.29, 1.82) is 0 Å². The van der Waals surface area contributed by atoms with Crippen LogP contribution in [0.4, 0.5) is 0 Å². The number of nitrogens with zero attached hydrogens (tertiary/aromatic N) is 1. The molecule has 0 aliphatic carbocycles. The van der Waals surface area contributed by atoms with Gasteiger partial charge in [-0.2, -0.15) is 4.37 Å². The first-order chi connectivity index (χ1) is 6.01. The summed E-state index contributed by atoms with van der Waals surface area (Å²) in [6, 6.07) is 2.21. The maximum absolute atomic E-state index is 4.39. The topological polar surface area (TPSA) is 12.9 Å². The highest BCUT2D eigenvalue weighted by Crippen LogP contribution is 2.27.